The van der Waals surface area contributed by atoms with Crippen LogP contribution in [0.5, 0.6) is 0 Å². The summed E-state index contributed by atoms with van der Waals surface area (Å²) >= 11 is 1.50. The van der Waals surface area contributed by atoms with Crippen molar-refractivity contribution in [2.45, 2.75) is 13.0 Å². The van der Waals surface area contributed by atoms with Crippen LogP contribution in [0.25, 0.3) is 0 Å². The van der Waals surface area contributed by atoms with Crippen molar-refractivity contribution in [2.75, 3.05) is 12.3 Å². The maximum atomic E-state index is 12.0. The van der Waals surface area contributed by atoms with Crippen LogP contribution in [0.1, 0.15) is 28.2 Å². The highest BCUT2D eigenvalue weighted by Crippen LogP contribution is 2.21. The van der Waals surface area contributed by atoms with Crippen LogP contribution in [0.15, 0.2) is 35.7 Å². The fourth-order valence-corrected chi connectivity index (χ4v) is 2.67. The molecule has 126 valence electrons. The van der Waals surface area contributed by atoms with Gasteiger partial charge in [-0.15, -0.1) is 11.3 Å². The highest BCUT2D eigenvalue weighted by atomic mass is 32.1. The number of thiophene rings is 1. The van der Waals surface area contributed by atoms with Gasteiger partial charge in [-0.1, -0.05) is 6.07 Å². The molecular weight excluding hydrogens is 334 g/mol. The third-order valence-electron chi connectivity index (χ3n) is 3.15. The minimum atomic E-state index is -0.893. The predicted octanol–water partition coefficient (Wildman–Crippen LogP) is 2.27. The lowest BCUT2D eigenvalue weighted by Crippen LogP contribution is -2.30. The number of hydrogen-bond donors (Lipinski definition) is 2. The molecule has 9 heteroatoms. The second kappa shape index (κ2) is 7.55. The Bertz CT molecular complexity index is 760. The van der Waals surface area contributed by atoms with E-state index < -0.39 is 23.4 Å². The summed E-state index contributed by atoms with van der Waals surface area (Å²) in [5.74, 6) is -1.37. The number of carbonyl (C=O) groups excluding carboxylic acids is 2. The van der Waals surface area contributed by atoms with Gasteiger partial charge in [0.1, 0.15) is 0 Å². The molecule has 2 aromatic rings. The molecule has 0 bridgehead atoms. The molecule has 1 aromatic carbocycles. The van der Waals surface area contributed by atoms with E-state index in [1.54, 1.807) is 0 Å². The number of rotatable bonds is 6. The second-order valence-corrected chi connectivity index (χ2v) is 5.89. The van der Waals surface area contributed by atoms with Gasteiger partial charge in [0.15, 0.2) is 6.61 Å². The van der Waals surface area contributed by atoms with Gasteiger partial charge < -0.3 is 15.8 Å². The number of ether oxygens (including phenoxy) is 1. The number of anilines is 1. The lowest BCUT2D eigenvalue weighted by atomic mass is 10.1. The van der Waals surface area contributed by atoms with Crippen molar-refractivity contribution in [3.8, 4) is 0 Å². The average molecular weight is 349 g/mol. The zero-order chi connectivity index (χ0) is 17.7. The molecule has 1 atom stereocenters. The van der Waals surface area contributed by atoms with Crippen LogP contribution in [0.2, 0.25) is 0 Å². The van der Waals surface area contributed by atoms with E-state index in [0.29, 0.717) is 0 Å². The minimum Gasteiger partial charge on any atom is -0.452 e. The van der Waals surface area contributed by atoms with Gasteiger partial charge in [-0.05, 0) is 24.4 Å². The molecule has 0 aliphatic heterocycles. The molecule has 0 unspecified atom stereocenters. The maximum absolute atomic E-state index is 12.0. The number of benzene rings is 1. The Morgan fingerprint density at radius 2 is 2.17 bits per heavy atom. The van der Waals surface area contributed by atoms with Gasteiger partial charge in [-0.25, -0.2) is 4.79 Å². The van der Waals surface area contributed by atoms with Crippen molar-refractivity contribution in [1.29, 1.82) is 0 Å². The van der Waals surface area contributed by atoms with Crippen LogP contribution in [0.3, 0.4) is 0 Å². The van der Waals surface area contributed by atoms with Crippen molar-refractivity contribution in [2.24, 2.45) is 0 Å². The molecule has 0 radical (unpaired) electrons. The molecule has 1 aromatic heterocycles. The highest BCUT2D eigenvalue weighted by molar-refractivity contribution is 7.10. The summed E-state index contributed by atoms with van der Waals surface area (Å²) in [4.78, 5) is 34.8. The van der Waals surface area contributed by atoms with E-state index in [-0.39, 0.29) is 23.0 Å². The van der Waals surface area contributed by atoms with Crippen molar-refractivity contribution in [1.82, 2.24) is 5.32 Å². The predicted molar refractivity (Wildman–Crippen MR) is 88.7 cm³/mol. The Labute approximate surface area is 141 Å². The highest BCUT2D eigenvalue weighted by Gasteiger charge is 2.18. The Kier molecular flexibility index (Phi) is 5.48. The van der Waals surface area contributed by atoms with E-state index >= 15 is 0 Å². The standard InChI is InChI=1S/C15H15N3O5S/c1-9(13-3-2-6-24-13)17-14(19)8-23-15(20)11-7-10(18(21)22)4-5-12(11)16/h2-7,9H,8,16H2,1H3,(H,17,19)/t9-/m0/s1. The first-order chi connectivity index (χ1) is 11.4. The van der Waals surface area contributed by atoms with Gasteiger partial charge in [0.25, 0.3) is 11.6 Å². The summed E-state index contributed by atoms with van der Waals surface area (Å²) in [6.45, 7) is 1.31. The summed E-state index contributed by atoms with van der Waals surface area (Å²) in [5.41, 5.74) is 5.22. The maximum Gasteiger partial charge on any atom is 0.341 e. The van der Waals surface area contributed by atoms with E-state index in [1.807, 2.05) is 24.4 Å². The van der Waals surface area contributed by atoms with Gasteiger partial charge in [0, 0.05) is 22.7 Å². The first kappa shape index (κ1) is 17.4. The lowest BCUT2D eigenvalue weighted by Gasteiger charge is -2.12. The first-order valence-corrected chi connectivity index (χ1v) is 7.80. The molecule has 3 N–H and O–H groups in total. The SMILES string of the molecule is C[C@H](NC(=O)COC(=O)c1cc([N+](=O)[O-])ccc1N)c1cccs1. The van der Waals surface area contributed by atoms with Gasteiger partial charge in [-0.2, -0.15) is 0 Å². The largest absolute Gasteiger partial charge is 0.452 e. The van der Waals surface area contributed by atoms with E-state index in [2.05, 4.69) is 5.32 Å². The quantitative estimate of drug-likeness (QED) is 0.357. The molecular formula is C15H15N3O5S. The van der Waals surface area contributed by atoms with Crippen LogP contribution in [0, 0.1) is 10.1 Å². The van der Waals surface area contributed by atoms with Crippen LogP contribution < -0.4 is 11.1 Å². The summed E-state index contributed by atoms with van der Waals surface area (Å²) < 4.78 is 4.87. The minimum absolute atomic E-state index is 0.0398. The number of nitrogens with one attached hydrogen (secondary N) is 1. The molecule has 0 spiro atoms. The number of nitrogen functional groups attached to an aromatic ring is 1. The third kappa shape index (κ3) is 4.29. The second-order valence-electron chi connectivity index (χ2n) is 4.91. The van der Waals surface area contributed by atoms with Crippen LogP contribution in [-0.2, 0) is 9.53 Å². The monoisotopic (exact) mass is 349 g/mol. The Morgan fingerprint density at radius 1 is 1.42 bits per heavy atom. The molecule has 0 fully saturated rings. The van der Waals surface area contributed by atoms with E-state index in [4.69, 9.17) is 10.5 Å². The number of nitro benzene ring substituents is 1. The zero-order valence-corrected chi connectivity index (χ0v) is 13.5. The number of esters is 1. The van der Waals surface area contributed by atoms with Crippen molar-refractivity contribution in [3.63, 3.8) is 0 Å². The summed E-state index contributed by atoms with van der Waals surface area (Å²) in [7, 11) is 0. The van der Waals surface area contributed by atoms with Gasteiger partial charge >= 0.3 is 5.97 Å². The molecule has 8 nitrogen and oxygen atoms in total. The van der Waals surface area contributed by atoms with Gasteiger partial charge in [-0.3, -0.25) is 14.9 Å². The van der Waals surface area contributed by atoms with Crippen LogP contribution >= 0.6 is 11.3 Å². The Hall–Kier alpha value is -2.94. The summed E-state index contributed by atoms with van der Waals surface area (Å²) in [6.07, 6.45) is 0. The zero-order valence-electron chi connectivity index (χ0n) is 12.7. The molecule has 1 amide bonds. The van der Waals surface area contributed by atoms with Gasteiger partial charge in [0.05, 0.1) is 16.5 Å². The lowest BCUT2D eigenvalue weighted by molar-refractivity contribution is -0.384. The van der Waals surface area contributed by atoms with E-state index in [1.165, 1.54) is 23.5 Å². The number of amides is 1. The molecule has 0 saturated carbocycles. The number of nitrogens with two attached hydrogens (primary N) is 1. The van der Waals surface area contributed by atoms with E-state index in [9.17, 15) is 19.7 Å². The summed E-state index contributed by atoms with van der Waals surface area (Å²) in [5, 5.41) is 15.3. The average Bonchev–Trinajstić information content (AvgIpc) is 3.07. The molecule has 0 saturated heterocycles. The van der Waals surface area contributed by atoms with Crippen molar-refractivity contribution < 1.29 is 19.2 Å². The Morgan fingerprint density at radius 3 is 2.79 bits per heavy atom. The summed E-state index contributed by atoms with van der Waals surface area (Å²) in [6, 6.07) is 6.98. The molecule has 2 rings (SSSR count). The Balaban J connectivity index is 1.94. The smallest absolute Gasteiger partial charge is 0.341 e. The van der Waals surface area contributed by atoms with Gasteiger partial charge in [0.2, 0.25) is 0 Å². The number of hydrogen-bond acceptors (Lipinski definition) is 7. The molecule has 0 aliphatic rings. The van der Waals surface area contributed by atoms with Crippen molar-refractivity contribution >= 4 is 34.6 Å². The first-order valence-electron chi connectivity index (χ1n) is 6.92. The number of carbonyl (C=O) groups is 2. The van der Waals surface area contributed by atoms with Crippen LogP contribution in [-0.4, -0.2) is 23.4 Å². The third-order valence-corrected chi connectivity index (χ3v) is 4.20. The normalized spacial score (nSPS) is 11.5. The number of nitro groups is 1. The number of nitrogens with zero attached hydrogens (tertiary/aromatic N) is 1. The molecule has 1 heterocycles. The fraction of sp³-hybridized carbons (Fsp3) is 0.200. The molecule has 24 heavy (non-hydrogen) atoms. The fourth-order valence-electron chi connectivity index (χ4n) is 1.94. The van der Waals surface area contributed by atoms with E-state index in [0.717, 1.165) is 10.9 Å². The molecule has 0 aliphatic carbocycles. The topological polar surface area (TPSA) is 125 Å². The van der Waals surface area contributed by atoms with Crippen LogP contribution in [0.4, 0.5) is 11.4 Å². The van der Waals surface area contributed by atoms with Crippen molar-refractivity contribution in [3.05, 3.63) is 56.3 Å². The number of non-ortho nitro benzene ring substituents is 1.